The Hall–Kier alpha value is -1.40. The minimum atomic E-state index is -0.272. The average Bonchev–Trinajstić information content (AvgIpc) is 2.86. The third-order valence-electron chi connectivity index (χ3n) is 3.15. The zero-order valence-corrected chi connectivity index (χ0v) is 10.4. The van der Waals surface area contributed by atoms with Crippen molar-refractivity contribution in [1.82, 2.24) is 9.13 Å². The number of nitrogens with two attached hydrogens (primary N) is 1. The molecule has 0 aliphatic carbocycles. The highest BCUT2D eigenvalue weighted by Gasteiger charge is 2.17. The van der Waals surface area contributed by atoms with Gasteiger partial charge in [0.2, 0.25) is 0 Å². The maximum absolute atomic E-state index is 12.1. The topological polar surface area (TPSA) is 79.2 Å². The highest BCUT2D eigenvalue weighted by atomic mass is 16.5. The van der Waals surface area contributed by atoms with Gasteiger partial charge in [-0.1, -0.05) is 0 Å². The van der Waals surface area contributed by atoms with Crippen molar-refractivity contribution in [2.24, 2.45) is 5.73 Å². The molecule has 0 saturated carbocycles. The van der Waals surface area contributed by atoms with Gasteiger partial charge >= 0.3 is 5.69 Å². The van der Waals surface area contributed by atoms with E-state index in [2.05, 4.69) is 0 Å². The summed E-state index contributed by atoms with van der Waals surface area (Å²) < 4.78 is 8.28. The van der Waals surface area contributed by atoms with E-state index >= 15 is 0 Å². The van der Waals surface area contributed by atoms with Crippen LogP contribution in [0, 0.1) is 0 Å². The van der Waals surface area contributed by atoms with Crippen LogP contribution in [0.5, 0.6) is 0 Å². The van der Waals surface area contributed by atoms with Crippen LogP contribution in [0.3, 0.4) is 0 Å². The Morgan fingerprint density at radius 3 is 2.94 bits per heavy atom. The molecule has 6 heteroatoms. The summed E-state index contributed by atoms with van der Waals surface area (Å²) in [7, 11) is 0. The van der Waals surface area contributed by atoms with Crippen molar-refractivity contribution in [3.05, 3.63) is 33.1 Å². The number of hydrogen-bond donors (Lipinski definition) is 1. The van der Waals surface area contributed by atoms with Crippen LogP contribution in [-0.2, 0) is 17.8 Å². The van der Waals surface area contributed by atoms with Crippen LogP contribution in [0.1, 0.15) is 19.3 Å². The molecule has 2 heterocycles. The van der Waals surface area contributed by atoms with E-state index in [0.717, 1.165) is 19.4 Å². The predicted molar refractivity (Wildman–Crippen MR) is 67.6 cm³/mol. The standard InChI is InChI=1S/C12H19N3O3/c13-5-2-6-15-11(16)4-7-14(12(15)17)9-10-3-1-8-18-10/h4,7,10H,1-3,5-6,8-9,13H2. The first-order valence-corrected chi connectivity index (χ1v) is 6.34. The third-order valence-corrected chi connectivity index (χ3v) is 3.15. The molecule has 1 aliphatic rings. The molecule has 2 N–H and O–H groups in total. The normalized spacial score (nSPS) is 19.3. The van der Waals surface area contributed by atoms with Crippen molar-refractivity contribution in [3.63, 3.8) is 0 Å². The van der Waals surface area contributed by atoms with Gasteiger partial charge in [-0.25, -0.2) is 4.79 Å². The molecule has 1 fully saturated rings. The van der Waals surface area contributed by atoms with Crippen molar-refractivity contribution >= 4 is 0 Å². The first-order valence-electron chi connectivity index (χ1n) is 6.34. The number of rotatable bonds is 5. The summed E-state index contributed by atoms with van der Waals surface area (Å²) in [5, 5.41) is 0. The maximum atomic E-state index is 12.1. The van der Waals surface area contributed by atoms with Crippen molar-refractivity contribution in [2.45, 2.75) is 38.5 Å². The zero-order valence-electron chi connectivity index (χ0n) is 10.4. The van der Waals surface area contributed by atoms with Crippen LogP contribution in [0.25, 0.3) is 0 Å². The first-order chi connectivity index (χ1) is 8.72. The molecule has 1 aromatic heterocycles. The average molecular weight is 253 g/mol. The number of ether oxygens (including phenoxy) is 1. The Morgan fingerprint density at radius 1 is 1.44 bits per heavy atom. The fourth-order valence-electron chi connectivity index (χ4n) is 2.16. The molecule has 1 aromatic rings. The van der Waals surface area contributed by atoms with E-state index in [1.807, 2.05) is 0 Å². The van der Waals surface area contributed by atoms with Gasteiger partial charge in [0.1, 0.15) is 0 Å². The second-order valence-corrected chi connectivity index (χ2v) is 4.52. The molecule has 6 nitrogen and oxygen atoms in total. The summed E-state index contributed by atoms with van der Waals surface area (Å²) in [4.78, 5) is 23.7. The largest absolute Gasteiger partial charge is 0.376 e. The molecule has 1 unspecified atom stereocenters. The molecule has 0 bridgehead atoms. The van der Waals surface area contributed by atoms with Crippen LogP contribution in [0.15, 0.2) is 21.9 Å². The molecule has 0 radical (unpaired) electrons. The molecule has 18 heavy (non-hydrogen) atoms. The molecule has 1 atom stereocenters. The second kappa shape index (κ2) is 5.97. The Bertz CT molecular complexity index is 500. The maximum Gasteiger partial charge on any atom is 0.331 e. The van der Waals surface area contributed by atoms with Gasteiger partial charge in [0, 0.05) is 25.4 Å². The van der Waals surface area contributed by atoms with Crippen molar-refractivity contribution in [1.29, 1.82) is 0 Å². The fraction of sp³-hybridized carbons (Fsp3) is 0.667. The molecule has 0 spiro atoms. The van der Waals surface area contributed by atoms with Gasteiger partial charge in [0.25, 0.3) is 5.56 Å². The summed E-state index contributed by atoms with van der Waals surface area (Å²) in [6, 6.07) is 1.42. The van der Waals surface area contributed by atoms with E-state index < -0.39 is 0 Å². The summed E-state index contributed by atoms with van der Waals surface area (Å²) in [6.45, 7) is 2.11. The molecular weight excluding hydrogens is 234 g/mol. The van der Waals surface area contributed by atoms with Gasteiger partial charge in [0.05, 0.1) is 12.6 Å². The van der Waals surface area contributed by atoms with Gasteiger partial charge in [0.15, 0.2) is 0 Å². The second-order valence-electron chi connectivity index (χ2n) is 4.52. The Kier molecular flexibility index (Phi) is 4.33. The highest BCUT2D eigenvalue weighted by molar-refractivity contribution is 4.87. The fourth-order valence-corrected chi connectivity index (χ4v) is 2.16. The minimum Gasteiger partial charge on any atom is -0.376 e. The van der Waals surface area contributed by atoms with E-state index in [0.29, 0.717) is 26.1 Å². The van der Waals surface area contributed by atoms with Crippen LogP contribution in [0.4, 0.5) is 0 Å². The van der Waals surface area contributed by atoms with Gasteiger partial charge in [-0.3, -0.25) is 13.9 Å². The Labute approximate surface area is 105 Å². The molecule has 100 valence electrons. The van der Waals surface area contributed by atoms with Gasteiger partial charge in [-0.2, -0.15) is 0 Å². The highest BCUT2D eigenvalue weighted by Crippen LogP contribution is 2.12. The zero-order chi connectivity index (χ0) is 13.0. The lowest BCUT2D eigenvalue weighted by Crippen LogP contribution is -2.40. The lowest BCUT2D eigenvalue weighted by molar-refractivity contribution is 0.0953. The van der Waals surface area contributed by atoms with E-state index in [4.69, 9.17) is 10.5 Å². The summed E-state index contributed by atoms with van der Waals surface area (Å²) >= 11 is 0. The first kappa shape index (κ1) is 13.0. The quantitative estimate of drug-likeness (QED) is 0.770. The van der Waals surface area contributed by atoms with Gasteiger partial charge in [-0.15, -0.1) is 0 Å². The molecule has 1 aliphatic heterocycles. The monoisotopic (exact) mass is 253 g/mol. The SMILES string of the molecule is NCCCn1c(=O)ccn(CC2CCCO2)c1=O. The van der Waals surface area contributed by atoms with E-state index in [-0.39, 0.29) is 17.4 Å². The van der Waals surface area contributed by atoms with Crippen molar-refractivity contribution < 1.29 is 4.74 Å². The Balaban J connectivity index is 2.20. The lowest BCUT2D eigenvalue weighted by atomic mass is 10.2. The molecule has 2 rings (SSSR count). The molecule has 0 aromatic carbocycles. The van der Waals surface area contributed by atoms with Crippen molar-refractivity contribution in [3.8, 4) is 0 Å². The predicted octanol–water partition coefficient (Wildman–Crippen LogP) is -0.462. The van der Waals surface area contributed by atoms with E-state index in [9.17, 15) is 9.59 Å². The molecule has 1 saturated heterocycles. The summed E-state index contributed by atoms with van der Waals surface area (Å²) in [5.41, 5.74) is 4.86. The van der Waals surface area contributed by atoms with Crippen LogP contribution in [0.2, 0.25) is 0 Å². The van der Waals surface area contributed by atoms with Crippen LogP contribution >= 0.6 is 0 Å². The van der Waals surface area contributed by atoms with Crippen LogP contribution in [-0.4, -0.2) is 28.4 Å². The Morgan fingerprint density at radius 2 is 2.28 bits per heavy atom. The number of aromatic nitrogens is 2. The van der Waals surface area contributed by atoms with Crippen LogP contribution < -0.4 is 17.0 Å². The minimum absolute atomic E-state index is 0.0863. The lowest BCUT2D eigenvalue weighted by Gasteiger charge is -2.13. The number of nitrogens with zero attached hydrogens (tertiary/aromatic N) is 2. The number of hydrogen-bond acceptors (Lipinski definition) is 4. The van der Waals surface area contributed by atoms with Gasteiger partial charge < -0.3 is 10.5 Å². The van der Waals surface area contributed by atoms with E-state index in [1.54, 1.807) is 10.8 Å². The smallest absolute Gasteiger partial charge is 0.331 e. The van der Waals surface area contributed by atoms with E-state index in [1.165, 1.54) is 10.6 Å². The molecular formula is C12H19N3O3. The summed E-state index contributed by atoms with van der Waals surface area (Å²) in [5.74, 6) is 0. The summed E-state index contributed by atoms with van der Waals surface area (Å²) in [6.07, 6.45) is 4.26. The van der Waals surface area contributed by atoms with Crippen molar-refractivity contribution in [2.75, 3.05) is 13.2 Å². The molecule has 0 amide bonds. The third kappa shape index (κ3) is 2.88. The van der Waals surface area contributed by atoms with Gasteiger partial charge in [-0.05, 0) is 25.8 Å².